The van der Waals surface area contributed by atoms with Crippen molar-refractivity contribution in [1.29, 1.82) is 0 Å². The molecule has 0 radical (unpaired) electrons. The Labute approximate surface area is 120 Å². The smallest absolute Gasteiger partial charge is 0.144 e. The molecule has 0 bridgehead atoms. The lowest BCUT2D eigenvalue weighted by atomic mass is 10.0. The first kappa shape index (κ1) is 15.9. The average Bonchev–Trinajstić information content (AvgIpc) is 2.37. The molecule has 0 saturated heterocycles. The van der Waals surface area contributed by atoms with Crippen LogP contribution in [-0.2, 0) is 6.54 Å². The van der Waals surface area contributed by atoms with Crippen molar-refractivity contribution in [3.8, 4) is 0 Å². The van der Waals surface area contributed by atoms with Crippen LogP contribution in [0.1, 0.15) is 25.3 Å². The third-order valence-electron chi connectivity index (χ3n) is 2.97. The van der Waals surface area contributed by atoms with Crippen molar-refractivity contribution in [3.63, 3.8) is 0 Å². The molecule has 0 amide bonds. The van der Waals surface area contributed by atoms with E-state index in [1.807, 2.05) is 0 Å². The molecule has 1 rings (SSSR count). The van der Waals surface area contributed by atoms with E-state index in [-0.39, 0.29) is 16.6 Å². The SMILES string of the molecule is CCC(CCCl)CNCc1c(F)ccc(Br)c1F. The summed E-state index contributed by atoms with van der Waals surface area (Å²) in [6, 6.07) is 2.64. The van der Waals surface area contributed by atoms with Gasteiger partial charge in [-0.25, -0.2) is 8.78 Å². The lowest BCUT2D eigenvalue weighted by Gasteiger charge is -2.15. The van der Waals surface area contributed by atoms with E-state index in [0.29, 0.717) is 18.3 Å². The van der Waals surface area contributed by atoms with Gasteiger partial charge in [-0.05, 0) is 46.9 Å². The number of alkyl halides is 1. The first-order valence-electron chi connectivity index (χ1n) is 5.99. The van der Waals surface area contributed by atoms with Crippen LogP contribution in [0.3, 0.4) is 0 Å². The van der Waals surface area contributed by atoms with Crippen LogP contribution in [0.15, 0.2) is 16.6 Å². The summed E-state index contributed by atoms with van der Waals surface area (Å²) in [7, 11) is 0. The van der Waals surface area contributed by atoms with Crippen molar-refractivity contribution in [2.45, 2.75) is 26.3 Å². The lowest BCUT2D eigenvalue weighted by Crippen LogP contribution is -2.23. The fourth-order valence-electron chi connectivity index (χ4n) is 1.74. The first-order valence-corrected chi connectivity index (χ1v) is 7.31. The van der Waals surface area contributed by atoms with Gasteiger partial charge in [0.05, 0.1) is 4.47 Å². The van der Waals surface area contributed by atoms with Gasteiger partial charge in [0.2, 0.25) is 0 Å². The standard InChI is InChI=1S/C13H17BrClF2N/c1-2-9(5-6-15)7-18-8-10-12(16)4-3-11(14)13(10)17/h3-4,9,18H,2,5-8H2,1H3. The number of nitrogens with one attached hydrogen (secondary N) is 1. The van der Waals surface area contributed by atoms with Crippen LogP contribution in [0.4, 0.5) is 8.78 Å². The Hall–Kier alpha value is -0.190. The Balaban J connectivity index is 2.56. The van der Waals surface area contributed by atoms with Gasteiger partial charge >= 0.3 is 0 Å². The predicted molar refractivity (Wildman–Crippen MR) is 74.9 cm³/mol. The molecule has 0 aliphatic heterocycles. The van der Waals surface area contributed by atoms with Gasteiger partial charge in [0.1, 0.15) is 11.6 Å². The molecule has 0 aliphatic carbocycles. The Morgan fingerprint density at radius 3 is 2.72 bits per heavy atom. The summed E-state index contributed by atoms with van der Waals surface area (Å²) >= 11 is 8.74. The zero-order chi connectivity index (χ0) is 13.5. The molecular formula is C13H17BrClF2N. The third kappa shape index (κ3) is 4.48. The molecule has 18 heavy (non-hydrogen) atoms. The fourth-order valence-corrected chi connectivity index (χ4v) is 2.42. The zero-order valence-electron chi connectivity index (χ0n) is 10.3. The highest BCUT2D eigenvalue weighted by Crippen LogP contribution is 2.21. The molecule has 1 aromatic rings. The van der Waals surface area contributed by atoms with E-state index in [0.717, 1.165) is 12.8 Å². The molecule has 0 spiro atoms. The van der Waals surface area contributed by atoms with E-state index in [9.17, 15) is 8.78 Å². The Morgan fingerprint density at radius 2 is 2.11 bits per heavy atom. The van der Waals surface area contributed by atoms with Gasteiger partial charge in [-0.1, -0.05) is 13.3 Å². The maximum atomic E-state index is 13.7. The van der Waals surface area contributed by atoms with Gasteiger partial charge in [0.25, 0.3) is 0 Å². The highest BCUT2D eigenvalue weighted by molar-refractivity contribution is 9.10. The normalized spacial score (nSPS) is 12.7. The van der Waals surface area contributed by atoms with Crippen molar-refractivity contribution >= 4 is 27.5 Å². The van der Waals surface area contributed by atoms with E-state index >= 15 is 0 Å². The van der Waals surface area contributed by atoms with Crippen molar-refractivity contribution in [3.05, 3.63) is 33.8 Å². The number of hydrogen-bond acceptors (Lipinski definition) is 1. The van der Waals surface area contributed by atoms with Crippen molar-refractivity contribution < 1.29 is 8.78 Å². The molecule has 0 aromatic heterocycles. The predicted octanol–water partition coefficient (Wildman–Crippen LogP) is 4.47. The van der Waals surface area contributed by atoms with Crippen molar-refractivity contribution in [2.24, 2.45) is 5.92 Å². The average molecular weight is 341 g/mol. The molecular weight excluding hydrogens is 324 g/mol. The number of hydrogen-bond donors (Lipinski definition) is 1. The molecule has 0 saturated carbocycles. The van der Waals surface area contributed by atoms with E-state index in [2.05, 4.69) is 28.2 Å². The Bertz CT molecular complexity index is 387. The largest absolute Gasteiger partial charge is 0.312 e. The zero-order valence-corrected chi connectivity index (χ0v) is 12.6. The molecule has 1 atom stereocenters. The Morgan fingerprint density at radius 1 is 1.39 bits per heavy atom. The van der Waals surface area contributed by atoms with Gasteiger partial charge in [0.15, 0.2) is 0 Å². The van der Waals surface area contributed by atoms with Crippen LogP contribution in [-0.4, -0.2) is 12.4 Å². The molecule has 0 aliphatic rings. The summed E-state index contributed by atoms with van der Waals surface area (Å²) in [5, 5.41) is 3.09. The van der Waals surface area contributed by atoms with Crippen LogP contribution >= 0.6 is 27.5 Å². The van der Waals surface area contributed by atoms with Crippen LogP contribution in [0.2, 0.25) is 0 Å². The second kappa shape index (κ2) is 8.08. The van der Waals surface area contributed by atoms with Crippen LogP contribution in [0.25, 0.3) is 0 Å². The molecule has 102 valence electrons. The molecule has 1 nitrogen and oxygen atoms in total. The van der Waals surface area contributed by atoms with E-state index in [4.69, 9.17) is 11.6 Å². The number of halogens is 4. The first-order chi connectivity index (χ1) is 8.60. The van der Waals surface area contributed by atoms with Crippen LogP contribution in [0.5, 0.6) is 0 Å². The monoisotopic (exact) mass is 339 g/mol. The third-order valence-corrected chi connectivity index (χ3v) is 3.80. The van der Waals surface area contributed by atoms with Crippen LogP contribution < -0.4 is 5.32 Å². The Kier molecular flexibility index (Phi) is 7.12. The molecule has 1 N–H and O–H groups in total. The fraction of sp³-hybridized carbons (Fsp3) is 0.538. The molecule has 1 aromatic carbocycles. The highest BCUT2D eigenvalue weighted by Gasteiger charge is 2.12. The summed E-state index contributed by atoms with van der Waals surface area (Å²) in [5.74, 6) is 0.00189. The summed E-state index contributed by atoms with van der Waals surface area (Å²) in [6.45, 7) is 2.99. The van der Waals surface area contributed by atoms with Gasteiger partial charge in [-0.3, -0.25) is 0 Å². The summed E-state index contributed by atoms with van der Waals surface area (Å²) < 4.78 is 27.4. The number of rotatable bonds is 7. The molecule has 0 fully saturated rings. The second-order valence-corrected chi connectivity index (χ2v) is 5.44. The van der Waals surface area contributed by atoms with Gasteiger partial charge in [0, 0.05) is 18.0 Å². The minimum Gasteiger partial charge on any atom is -0.312 e. The van der Waals surface area contributed by atoms with E-state index < -0.39 is 11.6 Å². The quantitative estimate of drug-likeness (QED) is 0.570. The lowest BCUT2D eigenvalue weighted by molar-refractivity contribution is 0.441. The van der Waals surface area contributed by atoms with Gasteiger partial charge < -0.3 is 5.32 Å². The summed E-state index contributed by atoms with van der Waals surface area (Å²) in [6.07, 6.45) is 1.91. The highest BCUT2D eigenvalue weighted by atomic mass is 79.9. The summed E-state index contributed by atoms with van der Waals surface area (Å²) in [5.41, 5.74) is 0.0742. The maximum Gasteiger partial charge on any atom is 0.144 e. The maximum absolute atomic E-state index is 13.7. The van der Waals surface area contributed by atoms with Crippen molar-refractivity contribution in [2.75, 3.05) is 12.4 Å². The molecule has 1 unspecified atom stereocenters. The minimum absolute atomic E-state index is 0.0742. The minimum atomic E-state index is -0.534. The van der Waals surface area contributed by atoms with Gasteiger partial charge in [-0.15, -0.1) is 11.6 Å². The topological polar surface area (TPSA) is 12.0 Å². The van der Waals surface area contributed by atoms with E-state index in [1.54, 1.807) is 0 Å². The van der Waals surface area contributed by atoms with Crippen LogP contribution in [0, 0.1) is 17.6 Å². The second-order valence-electron chi connectivity index (χ2n) is 4.20. The van der Waals surface area contributed by atoms with Gasteiger partial charge in [-0.2, -0.15) is 0 Å². The van der Waals surface area contributed by atoms with E-state index in [1.165, 1.54) is 12.1 Å². The molecule has 0 heterocycles. The molecule has 5 heteroatoms. The number of benzene rings is 1. The summed E-state index contributed by atoms with van der Waals surface area (Å²) in [4.78, 5) is 0. The van der Waals surface area contributed by atoms with Crippen molar-refractivity contribution in [1.82, 2.24) is 5.32 Å².